The van der Waals surface area contributed by atoms with Crippen molar-refractivity contribution >= 4 is 0 Å². The number of aromatic nitrogens is 3. The van der Waals surface area contributed by atoms with Crippen LogP contribution in [0.5, 0.6) is 0 Å². The van der Waals surface area contributed by atoms with E-state index in [1.807, 2.05) is 44.4 Å². The molecule has 1 heterocycles. The second-order valence-corrected chi connectivity index (χ2v) is 5.07. The number of rotatable bonds is 5. The van der Waals surface area contributed by atoms with Gasteiger partial charge in [0.25, 0.3) is 0 Å². The van der Waals surface area contributed by atoms with Crippen LogP contribution in [0.1, 0.15) is 16.8 Å². The fourth-order valence-electron chi connectivity index (χ4n) is 2.23. The third kappa shape index (κ3) is 2.83. The monoisotopic (exact) mass is 260 g/mol. The van der Waals surface area contributed by atoms with E-state index in [0.29, 0.717) is 13.0 Å². The van der Waals surface area contributed by atoms with Crippen LogP contribution >= 0.6 is 0 Å². The Kier molecular flexibility index (Phi) is 3.97. The molecule has 102 valence electrons. The van der Waals surface area contributed by atoms with E-state index in [-0.39, 0.29) is 6.61 Å². The number of hydrogen-bond acceptors (Lipinski definition) is 4. The maximum Gasteiger partial charge on any atom is 0.0837 e. The van der Waals surface area contributed by atoms with Gasteiger partial charge in [0.05, 0.1) is 12.3 Å². The summed E-state index contributed by atoms with van der Waals surface area (Å²) >= 11 is 0. The van der Waals surface area contributed by atoms with E-state index in [1.165, 1.54) is 5.56 Å². The molecule has 3 N–H and O–H groups in total. The Hall–Kier alpha value is -1.72. The number of benzene rings is 1. The van der Waals surface area contributed by atoms with Gasteiger partial charge >= 0.3 is 0 Å². The Bertz CT molecular complexity index is 529. The second-order valence-electron chi connectivity index (χ2n) is 5.07. The summed E-state index contributed by atoms with van der Waals surface area (Å²) in [7, 11) is 1.82. The third-order valence-electron chi connectivity index (χ3n) is 3.53. The van der Waals surface area contributed by atoms with Gasteiger partial charge < -0.3 is 10.8 Å². The van der Waals surface area contributed by atoms with Crippen molar-refractivity contribution < 1.29 is 5.11 Å². The van der Waals surface area contributed by atoms with Gasteiger partial charge in [-0.3, -0.25) is 4.68 Å². The number of aliphatic hydroxyl groups is 1. The van der Waals surface area contributed by atoms with E-state index in [4.69, 9.17) is 5.73 Å². The van der Waals surface area contributed by atoms with Crippen LogP contribution in [0, 0.1) is 6.92 Å². The highest BCUT2D eigenvalue weighted by molar-refractivity contribution is 5.31. The summed E-state index contributed by atoms with van der Waals surface area (Å²) in [4.78, 5) is 0. The van der Waals surface area contributed by atoms with Crippen LogP contribution in [0.25, 0.3) is 0 Å². The minimum Gasteiger partial charge on any atom is -0.395 e. The molecule has 0 spiro atoms. The van der Waals surface area contributed by atoms with Crippen molar-refractivity contribution in [3.63, 3.8) is 0 Å². The fraction of sp³-hybridized carbons (Fsp3) is 0.429. The van der Waals surface area contributed by atoms with E-state index >= 15 is 0 Å². The van der Waals surface area contributed by atoms with E-state index in [0.717, 1.165) is 11.3 Å². The first-order chi connectivity index (χ1) is 9.09. The average Bonchev–Trinajstić information content (AvgIpc) is 2.82. The summed E-state index contributed by atoms with van der Waals surface area (Å²) in [5.74, 6) is 0. The van der Waals surface area contributed by atoms with Crippen LogP contribution in [0.2, 0.25) is 0 Å². The predicted molar refractivity (Wildman–Crippen MR) is 73.7 cm³/mol. The molecule has 1 atom stereocenters. The van der Waals surface area contributed by atoms with Crippen molar-refractivity contribution in [1.82, 2.24) is 15.0 Å². The smallest absolute Gasteiger partial charge is 0.0837 e. The molecule has 0 aliphatic rings. The summed E-state index contributed by atoms with van der Waals surface area (Å²) in [5, 5.41) is 17.8. The Morgan fingerprint density at radius 2 is 2.00 bits per heavy atom. The highest BCUT2D eigenvalue weighted by Gasteiger charge is 2.31. The number of nitrogens with two attached hydrogens (primary N) is 1. The first kappa shape index (κ1) is 13.7. The lowest BCUT2D eigenvalue weighted by molar-refractivity contribution is 0.195. The molecule has 0 aliphatic heterocycles. The average molecular weight is 260 g/mol. The number of hydrogen-bond donors (Lipinski definition) is 2. The second kappa shape index (κ2) is 5.50. The highest BCUT2D eigenvalue weighted by atomic mass is 16.3. The third-order valence-corrected chi connectivity index (χ3v) is 3.53. The van der Waals surface area contributed by atoms with Crippen LogP contribution in [-0.2, 0) is 18.9 Å². The standard InChI is InChI=1S/C14H20N4O/c1-11-3-5-12(6-4-11)14(9-15,10-19)7-13-8-18(2)17-16-13/h3-6,8,19H,7,9-10,15H2,1-2H3. The topological polar surface area (TPSA) is 77.0 Å². The van der Waals surface area contributed by atoms with Gasteiger partial charge in [-0.15, -0.1) is 5.10 Å². The summed E-state index contributed by atoms with van der Waals surface area (Å²) in [6.07, 6.45) is 2.44. The first-order valence-corrected chi connectivity index (χ1v) is 6.33. The minimum atomic E-state index is -0.496. The largest absolute Gasteiger partial charge is 0.395 e. The lowest BCUT2D eigenvalue weighted by Gasteiger charge is -2.30. The lowest BCUT2D eigenvalue weighted by Crippen LogP contribution is -2.41. The van der Waals surface area contributed by atoms with Crippen molar-refractivity contribution in [2.75, 3.05) is 13.2 Å². The molecule has 0 aliphatic carbocycles. The van der Waals surface area contributed by atoms with Crippen LogP contribution in [0.4, 0.5) is 0 Å². The summed E-state index contributed by atoms with van der Waals surface area (Å²) in [6, 6.07) is 8.11. The molecule has 5 nitrogen and oxygen atoms in total. The molecule has 0 amide bonds. The molecule has 0 fully saturated rings. The molecule has 0 saturated carbocycles. The predicted octanol–water partition coefficient (Wildman–Crippen LogP) is 0.555. The highest BCUT2D eigenvalue weighted by Crippen LogP contribution is 2.27. The molecule has 2 rings (SSSR count). The van der Waals surface area contributed by atoms with Gasteiger partial charge in [-0.05, 0) is 12.5 Å². The molecule has 1 unspecified atom stereocenters. The van der Waals surface area contributed by atoms with E-state index in [1.54, 1.807) is 4.68 Å². The van der Waals surface area contributed by atoms with Crippen molar-refractivity contribution in [1.29, 1.82) is 0 Å². The summed E-state index contributed by atoms with van der Waals surface area (Å²) < 4.78 is 1.66. The number of nitrogens with zero attached hydrogens (tertiary/aromatic N) is 3. The van der Waals surface area contributed by atoms with E-state index < -0.39 is 5.41 Å². The van der Waals surface area contributed by atoms with Gasteiger partial charge in [0, 0.05) is 31.6 Å². The summed E-state index contributed by atoms with van der Waals surface area (Å²) in [5.41, 5.74) is 8.49. The molecule has 1 aromatic heterocycles. The normalized spacial score (nSPS) is 14.3. The van der Waals surface area contributed by atoms with Crippen LogP contribution in [-0.4, -0.2) is 33.3 Å². The quantitative estimate of drug-likeness (QED) is 0.823. The molecular weight excluding hydrogens is 240 g/mol. The van der Waals surface area contributed by atoms with Crippen LogP contribution in [0.15, 0.2) is 30.5 Å². The van der Waals surface area contributed by atoms with Crippen molar-refractivity contribution in [2.45, 2.75) is 18.8 Å². The first-order valence-electron chi connectivity index (χ1n) is 6.33. The number of aryl methyl sites for hydroxylation is 2. The zero-order chi connectivity index (χ0) is 13.9. The molecule has 1 aromatic carbocycles. The van der Waals surface area contributed by atoms with Gasteiger partial charge in [0.15, 0.2) is 0 Å². The fourth-order valence-corrected chi connectivity index (χ4v) is 2.23. The van der Waals surface area contributed by atoms with E-state index in [2.05, 4.69) is 10.3 Å². The molecule has 0 bridgehead atoms. The Morgan fingerprint density at radius 3 is 2.47 bits per heavy atom. The maximum atomic E-state index is 9.83. The van der Waals surface area contributed by atoms with Gasteiger partial charge in [-0.2, -0.15) is 0 Å². The SMILES string of the molecule is Cc1ccc(C(CN)(CO)Cc2cn(C)nn2)cc1. The van der Waals surface area contributed by atoms with Crippen molar-refractivity contribution in [3.05, 3.63) is 47.3 Å². The van der Waals surface area contributed by atoms with Gasteiger partial charge in [0.1, 0.15) is 0 Å². The molecule has 0 radical (unpaired) electrons. The molecule has 0 saturated heterocycles. The Labute approximate surface area is 113 Å². The maximum absolute atomic E-state index is 9.83. The van der Waals surface area contributed by atoms with E-state index in [9.17, 15) is 5.11 Å². The van der Waals surface area contributed by atoms with Crippen LogP contribution in [0.3, 0.4) is 0 Å². The van der Waals surface area contributed by atoms with Crippen LogP contribution < -0.4 is 5.73 Å². The minimum absolute atomic E-state index is 0.0108. The van der Waals surface area contributed by atoms with Gasteiger partial charge in [-0.1, -0.05) is 35.0 Å². The summed E-state index contributed by atoms with van der Waals surface area (Å²) in [6.45, 7) is 2.39. The zero-order valence-corrected chi connectivity index (χ0v) is 11.4. The Balaban J connectivity index is 2.33. The number of aliphatic hydroxyl groups excluding tert-OH is 1. The lowest BCUT2D eigenvalue weighted by atomic mass is 9.77. The Morgan fingerprint density at radius 1 is 1.32 bits per heavy atom. The van der Waals surface area contributed by atoms with Gasteiger partial charge in [-0.25, -0.2) is 0 Å². The molecular formula is C14H20N4O. The molecule has 2 aromatic rings. The zero-order valence-electron chi connectivity index (χ0n) is 11.4. The molecule has 5 heteroatoms. The van der Waals surface area contributed by atoms with Gasteiger partial charge in [0.2, 0.25) is 0 Å². The van der Waals surface area contributed by atoms with Crippen molar-refractivity contribution in [3.8, 4) is 0 Å². The molecule has 19 heavy (non-hydrogen) atoms. The van der Waals surface area contributed by atoms with Crippen molar-refractivity contribution in [2.24, 2.45) is 12.8 Å².